The topological polar surface area (TPSA) is 49.8 Å². The summed E-state index contributed by atoms with van der Waals surface area (Å²) >= 11 is 0. The number of carbonyl (C=O) groups excluding carboxylic acids is 1. The first kappa shape index (κ1) is 15.0. The van der Waals surface area contributed by atoms with Crippen LogP contribution in [0, 0.1) is 5.92 Å². The minimum atomic E-state index is -0.0469. The van der Waals surface area contributed by atoms with Gasteiger partial charge < -0.3 is 9.84 Å². The van der Waals surface area contributed by atoms with Gasteiger partial charge in [-0.3, -0.25) is 9.69 Å². The number of benzene rings is 1. The number of cyclic esters (lactones) is 1. The number of nitrogens with zero attached hydrogens (tertiary/aromatic N) is 1. The molecule has 2 aliphatic heterocycles. The Kier molecular flexibility index (Phi) is 3.41. The molecular formula is C19H25NO3. The molecule has 2 fully saturated rings. The second-order valence-corrected chi connectivity index (χ2v) is 7.71. The average Bonchev–Trinajstić information content (AvgIpc) is 2.92. The minimum Gasteiger partial charge on any atom is -0.508 e. The van der Waals surface area contributed by atoms with Gasteiger partial charge in [-0.2, -0.15) is 0 Å². The van der Waals surface area contributed by atoms with Crippen LogP contribution in [0.2, 0.25) is 0 Å². The van der Waals surface area contributed by atoms with Gasteiger partial charge in [0.15, 0.2) is 0 Å². The third-order valence-corrected chi connectivity index (χ3v) is 6.51. The Morgan fingerprint density at radius 3 is 3.00 bits per heavy atom. The smallest absolute Gasteiger partial charge is 0.306 e. The van der Waals surface area contributed by atoms with Crippen molar-refractivity contribution in [1.29, 1.82) is 0 Å². The first-order valence-corrected chi connectivity index (χ1v) is 8.73. The van der Waals surface area contributed by atoms with Crippen molar-refractivity contribution in [2.75, 3.05) is 13.1 Å². The minimum absolute atomic E-state index is 0.0469. The summed E-state index contributed by atoms with van der Waals surface area (Å²) in [4.78, 5) is 13.9. The Morgan fingerprint density at radius 2 is 2.26 bits per heavy atom. The van der Waals surface area contributed by atoms with Crippen LogP contribution in [0.3, 0.4) is 0 Å². The normalized spacial score (nSPS) is 36.6. The molecule has 3 aliphatic rings. The van der Waals surface area contributed by atoms with Gasteiger partial charge in [-0.1, -0.05) is 19.9 Å². The number of phenolic OH excluding ortho intramolecular Hbond substituents is 1. The van der Waals surface area contributed by atoms with E-state index in [0.717, 1.165) is 32.4 Å². The third-order valence-electron chi connectivity index (χ3n) is 6.51. The van der Waals surface area contributed by atoms with Crippen LogP contribution in [0.4, 0.5) is 0 Å². The summed E-state index contributed by atoms with van der Waals surface area (Å²) in [5.41, 5.74) is 2.81. The first-order chi connectivity index (χ1) is 11.0. The number of phenols is 1. The predicted octanol–water partition coefficient (Wildman–Crippen LogP) is 2.62. The second kappa shape index (κ2) is 5.23. The zero-order valence-electron chi connectivity index (χ0n) is 13.9. The molecule has 0 radical (unpaired) electrons. The van der Waals surface area contributed by atoms with E-state index in [0.29, 0.717) is 24.1 Å². The van der Waals surface area contributed by atoms with Crippen LogP contribution in [0.1, 0.15) is 44.2 Å². The van der Waals surface area contributed by atoms with Crippen molar-refractivity contribution in [1.82, 2.24) is 4.90 Å². The van der Waals surface area contributed by atoms with Gasteiger partial charge in [0.1, 0.15) is 11.9 Å². The predicted molar refractivity (Wildman–Crippen MR) is 87.4 cm³/mol. The zero-order chi connectivity index (χ0) is 16.2. The molecular weight excluding hydrogens is 290 g/mol. The van der Waals surface area contributed by atoms with Gasteiger partial charge in [-0.15, -0.1) is 0 Å². The van der Waals surface area contributed by atoms with Gasteiger partial charge in [0, 0.05) is 19.0 Å². The number of rotatable bonds is 2. The van der Waals surface area contributed by atoms with Crippen LogP contribution in [0.15, 0.2) is 18.2 Å². The van der Waals surface area contributed by atoms with E-state index in [1.807, 2.05) is 6.07 Å². The molecule has 2 heterocycles. The van der Waals surface area contributed by atoms with Crippen molar-refractivity contribution < 1.29 is 14.6 Å². The lowest BCUT2D eigenvalue weighted by Gasteiger charge is -2.55. The molecule has 23 heavy (non-hydrogen) atoms. The number of carbonyl (C=O) groups is 1. The maximum atomic E-state index is 11.4. The van der Waals surface area contributed by atoms with Crippen LogP contribution in [-0.2, 0) is 21.4 Å². The molecule has 0 amide bonds. The van der Waals surface area contributed by atoms with E-state index in [1.54, 1.807) is 6.07 Å². The summed E-state index contributed by atoms with van der Waals surface area (Å²) in [6.07, 6.45) is 3.60. The maximum absolute atomic E-state index is 11.4. The quantitative estimate of drug-likeness (QED) is 0.852. The van der Waals surface area contributed by atoms with Crippen molar-refractivity contribution in [2.45, 2.75) is 57.1 Å². The van der Waals surface area contributed by atoms with E-state index in [4.69, 9.17) is 4.74 Å². The number of esters is 1. The molecule has 124 valence electrons. The second-order valence-electron chi connectivity index (χ2n) is 7.71. The van der Waals surface area contributed by atoms with Gasteiger partial charge in [-0.25, -0.2) is 0 Å². The lowest BCUT2D eigenvalue weighted by Crippen LogP contribution is -2.59. The molecule has 4 heteroatoms. The molecule has 2 saturated heterocycles. The number of piperidine rings is 1. The van der Waals surface area contributed by atoms with Gasteiger partial charge in [-0.05, 0) is 60.4 Å². The zero-order valence-corrected chi connectivity index (χ0v) is 13.9. The number of hydrogen-bond acceptors (Lipinski definition) is 4. The molecule has 0 unspecified atom stereocenters. The Labute approximate surface area is 137 Å². The summed E-state index contributed by atoms with van der Waals surface area (Å²) < 4.78 is 5.43. The van der Waals surface area contributed by atoms with Gasteiger partial charge in [0.2, 0.25) is 0 Å². The molecule has 1 aromatic carbocycles. The van der Waals surface area contributed by atoms with E-state index in [-0.39, 0.29) is 17.5 Å². The van der Waals surface area contributed by atoms with Crippen molar-refractivity contribution in [3.63, 3.8) is 0 Å². The van der Waals surface area contributed by atoms with E-state index < -0.39 is 0 Å². The van der Waals surface area contributed by atoms with Crippen LogP contribution in [0.25, 0.3) is 0 Å². The molecule has 0 aromatic heterocycles. The molecule has 2 bridgehead atoms. The van der Waals surface area contributed by atoms with Gasteiger partial charge >= 0.3 is 5.97 Å². The van der Waals surface area contributed by atoms with Gasteiger partial charge in [0.05, 0.1) is 0 Å². The first-order valence-electron chi connectivity index (χ1n) is 8.73. The Balaban J connectivity index is 1.61. The summed E-state index contributed by atoms with van der Waals surface area (Å²) in [6, 6.07) is 6.35. The lowest BCUT2D eigenvalue weighted by atomic mass is 9.59. The molecule has 1 N–H and O–H groups in total. The van der Waals surface area contributed by atoms with Crippen LogP contribution in [-0.4, -0.2) is 41.2 Å². The molecule has 0 saturated carbocycles. The molecule has 1 aliphatic carbocycles. The summed E-state index contributed by atoms with van der Waals surface area (Å²) in [6.45, 7) is 6.58. The van der Waals surface area contributed by atoms with E-state index in [9.17, 15) is 9.90 Å². The monoisotopic (exact) mass is 315 g/mol. The SMILES string of the molecule is C[C@H]1[C@H]2Cc3ccc(O)cc3[C@@]1(C)CCN2C[C@@H]1CCC(=O)O1. The number of fused-ring (bicyclic) bond motifs is 4. The maximum Gasteiger partial charge on any atom is 0.306 e. The van der Waals surface area contributed by atoms with Crippen LogP contribution < -0.4 is 0 Å². The molecule has 4 rings (SSSR count). The highest BCUT2D eigenvalue weighted by molar-refractivity contribution is 5.71. The van der Waals surface area contributed by atoms with Crippen LogP contribution >= 0.6 is 0 Å². The summed E-state index contributed by atoms with van der Waals surface area (Å²) in [5, 5.41) is 9.89. The van der Waals surface area contributed by atoms with E-state index >= 15 is 0 Å². The number of aromatic hydroxyl groups is 1. The van der Waals surface area contributed by atoms with Gasteiger partial charge in [0.25, 0.3) is 0 Å². The number of ether oxygens (including phenoxy) is 1. The fraction of sp³-hybridized carbons (Fsp3) is 0.632. The standard InChI is InChI=1S/C19H25NO3/c1-12-17-9-13-3-4-14(21)10-16(13)19(12,2)7-8-20(17)11-15-5-6-18(22)23-15/h3-4,10,12,15,17,21H,5-9,11H2,1-2H3/t12-,15-,17+,19-/m0/s1. The summed E-state index contributed by atoms with van der Waals surface area (Å²) in [5.74, 6) is 0.855. The highest BCUT2D eigenvalue weighted by Crippen LogP contribution is 2.49. The lowest BCUT2D eigenvalue weighted by molar-refractivity contribution is -0.142. The molecule has 4 atom stereocenters. The highest BCUT2D eigenvalue weighted by atomic mass is 16.5. The summed E-state index contributed by atoms with van der Waals surface area (Å²) in [7, 11) is 0. The number of hydrogen-bond donors (Lipinski definition) is 1. The molecule has 4 nitrogen and oxygen atoms in total. The van der Waals surface area contributed by atoms with Crippen molar-refractivity contribution in [3.8, 4) is 5.75 Å². The fourth-order valence-electron chi connectivity index (χ4n) is 4.89. The van der Waals surface area contributed by atoms with Crippen LogP contribution in [0.5, 0.6) is 5.75 Å². The Morgan fingerprint density at radius 1 is 1.43 bits per heavy atom. The van der Waals surface area contributed by atoms with E-state index in [1.165, 1.54) is 11.1 Å². The molecule has 0 spiro atoms. The Bertz CT molecular complexity index is 644. The Hall–Kier alpha value is -1.55. The number of likely N-dealkylation sites (tertiary alicyclic amines) is 1. The van der Waals surface area contributed by atoms with E-state index in [2.05, 4.69) is 24.8 Å². The largest absolute Gasteiger partial charge is 0.508 e. The highest BCUT2D eigenvalue weighted by Gasteiger charge is 2.49. The fourth-order valence-corrected chi connectivity index (χ4v) is 4.89. The van der Waals surface area contributed by atoms with Crippen molar-refractivity contribution in [2.24, 2.45) is 5.92 Å². The average molecular weight is 315 g/mol. The van der Waals surface area contributed by atoms with Crippen molar-refractivity contribution in [3.05, 3.63) is 29.3 Å². The molecule has 1 aromatic rings. The third kappa shape index (κ3) is 2.35. The van der Waals surface area contributed by atoms with Crippen molar-refractivity contribution >= 4 is 5.97 Å².